The van der Waals surface area contributed by atoms with Crippen molar-refractivity contribution in [3.8, 4) is 0 Å². The number of aliphatic hydroxyl groups is 1. The van der Waals surface area contributed by atoms with E-state index in [1.54, 1.807) is 13.8 Å². The van der Waals surface area contributed by atoms with E-state index < -0.39 is 21.1 Å². The molecule has 164 valence electrons. The van der Waals surface area contributed by atoms with Gasteiger partial charge in [-0.1, -0.05) is 39.0 Å². The molecule has 2 atom stereocenters. The molecule has 1 saturated carbocycles. The predicted molar refractivity (Wildman–Crippen MR) is 118 cm³/mol. The van der Waals surface area contributed by atoms with Gasteiger partial charge in [0.1, 0.15) is 9.73 Å². The highest BCUT2D eigenvalue weighted by molar-refractivity contribution is 7.93. The van der Waals surface area contributed by atoms with Crippen LogP contribution in [-0.2, 0) is 26.5 Å². The fourth-order valence-electron chi connectivity index (χ4n) is 4.00. The summed E-state index contributed by atoms with van der Waals surface area (Å²) in [6.07, 6.45) is 3.93. The van der Waals surface area contributed by atoms with Crippen LogP contribution in [0.15, 0.2) is 40.0 Å². The molecule has 1 aliphatic carbocycles. The molecule has 2 aromatic rings. The van der Waals surface area contributed by atoms with Crippen LogP contribution >= 0.6 is 0 Å². The first-order valence-corrected chi connectivity index (χ1v) is 12.3. The van der Waals surface area contributed by atoms with E-state index in [9.17, 15) is 14.1 Å². The molecule has 3 rings (SSSR count). The number of carbonyl (C=O) groups is 1. The van der Waals surface area contributed by atoms with Crippen LogP contribution < -0.4 is 0 Å². The van der Waals surface area contributed by atoms with Crippen LogP contribution in [0.25, 0.3) is 0 Å². The summed E-state index contributed by atoms with van der Waals surface area (Å²) in [5.74, 6) is 0.721. The quantitative estimate of drug-likeness (QED) is 0.559. The van der Waals surface area contributed by atoms with Crippen molar-refractivity contribution in [1.82, 2.24) is 0 Å². The van der Waals surface area contributed by atoms with Gasteiger partial charge in [-0.3, -0.25) is 4.79 Å². The molecule has 0 bridgehead atoms. The van der Waals surface area contributed by atoms with Crippen LogP contribution in [0.4, 0.5) is 0 Å². The number of rotatable bonds is 9. The molecule has 1 aromatic carbocycles. The van der Waals surface area contributed by atoms with Gasteiger partial charge in [-0.25, -0.2) is 8.99 Å². The first kappa shape index (κ1) is 22.8. The van der Waals surface area contributed by atoms with Gasteiger partial charge in [0.25, 0.3) is 0 Å². The molecule has 0 spiro atoms. The predicted octanol–water partition coefficient (Wildman–Crippen LogP) is 5.36. The monoisotopic (exact) mass is 431 g/mol. The first-order chi connectivity index (χ1) is 13.9. The van der Waals surface area contributed by atoms with Crippen molar-refractivity contribution in [1.29, 1.82) is 4.78 Å². The summed E-state index contributed by atoms with van der Waals surface area (Å²) in [4.78, 5) is 13.0. The number of ketones is 1. The van der Waals surface area contributed by atoms with E-state index >= 15 is 0 Å². The molecule has 1 aromatic heterocycles. The molecule has 1 heterocycles. The second-order valence-electron chi connectivity index (χ2n) is 9.44. The SMILES string of the molecule is CC(C)c1cccc([C@@H](C)C2CC2)c1CC(=O)C[S@](=N)(=O)c1cc(C(C)(C)O)co1. The lowest BCUT2D eigenvalue weighted by atomic mass is 9.84. The molecule has 6 heteroatoms. The van der Waals surface area contributed by atoms with Crippen LogP contribution in [0.2, 0.25) is 0 Å². The molecule has 30 heavy (non-hydrogen) atoms. The van der Waals surface area contributed by atoms with Crippen molar-refractivity contribution in [3.63, 3.8) is 0 Å². The normalized spacial score (nSPS) is 17.7. The van der Waals surface area contributed by atoms with Gasteiger partial charge < -0.3 is 9.52 Å². The molecule has 0 unspecified atom stereocenters. The number of nitrogens with one attached hydrogen (secondary N) is 1. The highest BCUT2D eigenvalue weighted by Crippen LogP contribution is 2.44. The minimum atomic E-state index is -3.42. The average Bonchev–Trinajstić information content (AvgIpc) is 3.34. The third-order valence-corrected chi connectivity index (χ3v) is 7.63. The Morgan fingerprint density at radius 3 is 2.43 bits per heavy atom. The van der Waals surface area contributed by atoms with Crippen LogP contribution in [0.1, 0.15) is 81.5 Å². The van der Waals surface area contributed by atoms with Crippen LogP contribution in [0.5, 0.6) is 0 Å². The summed E-state index contributed by atoms with van der Waals surface area (Å²) in [5, 5.41) is 10.0. The lowest BCUT2D eigenvalue weighted by molar-refractivity contribution is -0.116. The fourth-order valence-corrected chi connectivity index (χ4v) is 5.22. The highest BCUT2D eigenvalue weighted by Gasteiger charge is 2.32. The Labute approximate surface area is 179 Å². The van der Waals surface area contributed by atoms with Crippen molar-refractivity contribution < 1.29 is 18.5 Å². The Bertz CT molecular complexity index is 1020. The van der Waals surface area contributed by atoms with E-state index in [-0.39, 0.29) is 23.2 Å². The van der Waals surface area contributed by atoms with Gasteiger partial charge in [0.2, 0.25) is 0 Å². The zero-order valence-corrected chi connectivity index (χ0v) is 19.3. The van der Waals surface area contributed by atoms with Gasteiger partial charge in [-0.2, -0.15) is 0 Å². The Morgan fingerprint density at radius 1 is 1.27 bits per heavy atom. The number of furan rings is 1. The molecule has 1 aliphatic rings. The summed E-state index contributed by atoms with van der Waals surface area (Å²) in [6.45, 7) is 9.63. The van der Waals surface area contributed by atoms with Gasteiger partial charge in [0.05, 0.1) is 17.6 Å². The molecular weight excluding hydrogens is 398 g/mol. The maximum Gasteiger partial charge on any atom is 0.199 e. The van der Waals surface area contributed by atoms with Gasteiger partial charge >= 0.3 is 0 Å². The third kappa shape index (κ3) is 5.03. The lowest BCUT2D eigenvalue weighted by Crippen LogP contribution is -2.19. The van der Waals surface area contributed by atoms with Crippen molar-refractivity contribution in [2.45, 2.75) is 76.4 Å². The summed E-state index contributed by atoms with van der Waals surface area (Å²) >= 11 is 0. The molecule has 5 nitrogen and oxygen atoms in total. The maximum atomic E-state index is 13.0. The number of hydrogen-bond donors (Lipinski definition) is 2. The Kier molecular flexibility index (Phi) is 6.30. The lowest BCUT2D eigenvalue weighted by Gasteiger charge is -2.21. The van der Waals surface area contributed by atoms with Gasteiger partial charge in [-0.05, 0) is 61.1 Å². The number of hydrogen-bond acceptors (Lipinski definition) is 5. The molecular formula is C24H33NO4S. The van der Waals surface area contributed by atoms with E-state index in [2.05, 4.69) is 39.0 Å². The largest absolute Gasteiger partial charge is 0.454 e. The van der Waals surface area contributed by atoms with E-state index in [4.69, 9.17) is 9.20 Å². The van der Waals surface area contributed by atoms with E-state index in [1.165, 1.54) is 30.7 Å². The Morgan fingerprint density at radius 2 is 1.90 bits per heavy atom. The topological polar surface area (TPSA) is 91.4 Å². The summed E-state index contributed by atoms with van der Waals surface area (Å²) in [6, 6.07) is 7.66. The van der Waals surface area contributed by atoms with E-state index in [1.807, 2.05) is 0 Å². The van der Waals surface area contributed by atoms with Gasteiger partial charge in [-0.15, -0.1) is 0 Å². The third-order valence-electron chi connectivity index (χ3n) is 6.04. The number of Topliss-reactive ketones (excluding diaryl/α,β-unsaturated/α-hetero) is 1. The van der Waals surface area contributed by atoms with Crippen molar-refractivity contribution >= 4 is 15.5 Å². The summed E-state index contributed by atoms with van der Waals surface area (Å²) < 4.78 is 26.5. The van der Waals surface area contributed by atoms with Crippen LogP contribution in [0.3, 0.4) is 0 Å². The molecule has 1 fully saturated rings. The number of benzene rings is 1. The smallest absolute Gasteiger partial charge is 0.199 e. The van der Waals surface area contributed by atoms with Crippen molar-refractivity contribution in [2.75, 3.05) is 5.75 Å². The fraction of sp³-hybridized carbons (Fsp3) is 0.542. The molecule has 0 radical (unpaired) electrons. The zero-order chi connectivity index (χ0) is 22.3. The minimum Gasteiger partial charge on any atom is -0.454 e. The second-order valence-corrected chi connectivity index (χ2v) is 11.5. The first-order valence-electron chi connectivity index (χ1n) is 10.6. The van der Waals surface area contributed by atoms with E-state index in [0.717, 1.165) is 11.1 Å². The average molecular weight is 432 g/mol. The highest BCUT2D eigenvalue weighted by atomic mass is 32.2. The molecule has 0 aliphatic heterocycles. The molecule has 0 saturated heterocycles. The van der Waals surface area contributed by atoms with Crippen molar-refractivity contribution in [2.24, 2.45) is 5.92 Å². The standard InChI is InChI=1S/C24H33NO4S/c1-15(2)20-7-6-8-21(16(3)17-9-10-17)22(20)12-19(26)14-30(25,28)23-11-18(13-29-23)24(4,5)27/h6-8,11,13,15-17,25,27H,9-10,12,14H2,1-5H3/t16-,30-/m0/s1. The summed E-state index contributed by atoms with van der Waals surface area (Å²) in [7, 11) is -3.42. The molecule has 0 amide bonds. The minimum absolute atomic E-state index is 0.0586. The Hall–Kier alpha value is -1.92. The van der Waals surface area contributed by atoms with Gasteiger partial charge in [0, 0.05) is 18.1 Å². The second kappa shape index (κ2) is 8.31. The summed E-state index contributed by atoms with van der Waals surface area (Å²) in [5.41, 5.74) is 2.66. The van der Waals surface area contributed by atoms with Crippen LogP contribution in [-0.4, -0.2) is 20.9 Å². The van der Waals surface area contributed by atoms with E-state index in [0.29, 0.717) is 17.4 Å². The van der Waals surface area contributed by atoms with Crippen molar-refractivity contribution in [3.05, 3.63) is 52.8 Å². The zero-order valence-electron chi connectivity index (χ0n) is 18.5. The number of carbonyl (C=O) groups excluding carboxylic acids is 1. The van der Waals surface area contributed by atoms with Gasteiger partial charge in [0.15, 0.2) is 10.9 Å². The maximum absolute atomic E-state index is 13.0. The Balaban J connectivity index is 1.84. The van der Waals surface area contributed by atoms with Crippen LogP contribution in [0, 0.1) is 10.7 Å². The molecule has 2 N–H and O–H groups in total.